The van der Waals surface area contributed by atoms with Gasteiger partial charge in [0.25, 0.3) is 0 Å². The Morgan fingerprint density at radius 1 is 1.30 bits per heavy atom. The topological polar surface area (TPSA) is 84.7 Å². The summed E-state index contributed by atoms with van der Waals surface area (Å²) in [5.41, 5.74) is 5.12. The fraction of sp³-hybridized carbons (Fsp3) is 0.429. The SMILES string of the molecule is Cc1[nH]ncc1C(=O)C[C@@H]1CCc2cc(-c3noc(C4CCC4)n3)ccc21. The van der Waals surface area contributed by atoms with Gasteiger partial charge < -0.3 is 4.52 Å². The van der Waals surface area contributed by atoms with Gasteiger partial charge in [-0.25, -0.2) is 0 Å². The standard InChI is InChI=1S/C21H22N4O2/c1-12-18(11-22-24-12)19(26)10-15-6-5-14-9-16(7-8-17(14)15)20-23-21(27-25-20)13-3-2-4-13/h7-9,11,13,15H,2-6,10H2,1H3,(H,22,24)/t15-/m0/s1. The largest absolute Gasteiger partial charge is 0.339 e. The Morgan fingerprint density at radius 2 is 2.19 bits per heavy atom. The lowest BCUT2D eigenvalue weighted by molar-refractivity contribution is 0.0973. The maximum Gasteiger partial charge on any atom is 0.230 e. The summed E-state index contributed by atoms with van der Waals surface area (Å²) in [6, 6.07) is 6.36. The van der Waals surface area contributed by atoms with Gasteiger partial charge in [-0.15, -0.1) is 0 Å². The number of carbonyl (C=O) groups is 1. The maximum atomic E-state index is 12.6. The van der Waals surface area contributed by atoms with Crippen LogP contribution in [0.5, 0.6) is 0 Å². The molecule has 0 spiro atoms. The first-order valence-electron chi connectivity index (χ1n) is 9.69. The van der Waals surface area contributed by atoms with E-state index < -0.39 is 0 Å². The van der Waals surface area contributed by atoms with Crippen LogP contribution in [0.15, 0.2) is 28.9 Å². The minimum absolute atomic E-state index is 0.159. The normalized spacial score (nSPS) is 19.1. The lowest BCUT2D eigenvalue weighted by Gasteiger charge is -2.20. The van der Waals surface area contributed by atoms with E-state index in [4.69, 9.17) is 4.52 Å². The number of carbonyl (C=O) groups excluding carboxylic acids is 1. The molecule has 0 saturated heterocycles. The molecule has 6 heteroatoms. The molecule has 2 heterocycles. The second-order valence-electron chi connectivity index (χ2n) is 7.77. The predicted molar refractivity (Wildman–Crippen MR) is 99.7 cm³/mol. The van der Waals surface area contributed by atoms with Crippen molar-refractivity contribution in [1.29, 1.82) is 0 Å². The molecule has 0 aliphatic heterocycles. The molecule has 1 saturated carbocycles. The molecule has 3 aromatic rings. The van der Waals surface area contributed by atoms with Gasteiger partial charge in [0.2, 0.25) is 11.7 Å². The third-order valence-corrected chi connectivity index (χ3v) is 6.06. The summed E-state index contributed by atoms with van der Waals surface area (Å²) >= 11 is 0. The van der Waals surface area contributed by atoms with Crippen molar-refractivity contribution in [2.24, 2.45) is 0 Å². The Kier molecular flexibility index (Phi) is 3.92. The zero-order valence-electron chi connectivity index (χ0n) is 15.4. The van der Waals surface area contributed by atoms with Crippen molar-refractivity contribution in [3.63, 3.8) is 0 Å². The first kappa shape index (κ1) is 16.4. The Bertz CT molecular complexity index is 999. The van der Waals surface area contributed by atoms with Gasteiger partial charge >= 0.3 is 0 Å². The van der Waals surface area contributed by atoms with E-state index in [0.717, 1.165) is 42.8 Å². The molecule has 2 aromatic heterocycles. The van der Waals surface area contributed by atoms with E-state index in [9.17, 15) is 4.79 Å². The third kappa shape index (κ3) is 2.89. The number of aryl methyl sites for hydroxylation is 2. The summed E-state index contributed by atoms with van der Waals surface area (Å²) in [5, 5.41) is 11.0. The van der Waals surface area contributed by atoms with Crippen LogP contribution in [0.3, 0.4) is 0 Å². The molecule has 2 aliphatic carbocycles. The van der Waals surface area contributed by atoms with Gasteiger partial charge in [0.15, 0.2) is 5.78 Å². The lowest BCUT2D eigenvalue weighted by Crippen LogP contribution is -2.08. The Balaban J connectivity index is 1.35. The monoisotopic (exact) mass is 362 g/mol. The molecule has 27 heavy (non-hydrogen) atoms. The summed E-state index contributed by atoms with van der Waals surface area (Å²) in [7, 11) is 0. The van der Waals surface area contributed by atoms with Crippen molar-refractivity contribution >= 4 is 5.78 Å². The Morgan fingerprint density at radius 3 is 2.93 bits per heavy atom. The molecular formula is C21H22N4O2. The lowest BCUT2D eigenvalue weighted by atomic mass is 9.85. The number of hydrogen-bond donors (Lipinski definition) is 1. The second-order valence-corrected chi connectivity index (χ2v) is 7.77. The number of hydrogen-bond acceptors (Lipinski definition) is 5. The number of aromatic nitrogens is 4. The van der Waals surface area contributed by atoms with Crippen LogP contribution in [-0.2, 0) is 6.42 Å². The molecule has 2 aliphatic rings. The van der Waals surface area contributed by atoms with Crippen LogP contribution in [0.2, 0.25) is 0 Å². The quantitative estimate of drug-likeness (QED) is 0.683. The highest BCUT2D eigenvalue weighted by Crippen LogP contribution is 2.39. The third-order valence-electron chi connectivity index (χ3n) is 6.06. The molecule has 0 unspecified atom stereocenters. The van der Waals surface area contributed by atoms with Crippen LogP contribution >= 0.6 is 0 Å². The zero-order chi connectivity index (χ0) is 18.4. The van der Waals surface area contributed by atoms with E-state index in [1.165, 1.54) is 17.5 Å². The van der Waals surface area contributed by atoms with Gasteiger partial charge in [-0.1, -0.05) is 23.7 Å². The van der Waals surface area contributed by atoms with Crippen LogP contribution in [0, 0.1) is 6.92 Å². The van der Waals surface area contributed by atoms with Crippen LogP contribution in [0.1, 0.15) is 77.0 Å². The fourth-order valence-electron chi connectivity index (χ4n) is 4.20. The van der Waals surface area contributed by atoms with Crippen molar-refractivity contribution < 1.29 is 9.32 Å². The number of benzene rings is 1. The molecule has 0 amide bonds. The first-order chi connectivity index (χ1) is 13.2. The van der Waals surface area contributed by atoms with E-state index in [-0.39, 0.29) is 11.7 Å². The van der Waals surface area contributed by atoms with Crippen LogP contribution in [-0.4, -0.2) is 26.1 Å². The number of nitrogens with zero attached hydrogens (tertiary/aromatic N) is 3. The fourth-order valence-corrected chi connectivity index (χ4v) is 4.20. The molecule has 1 N–H and O–H groups in total. The van der Waals surface area contributed by atoms with Crippen molar-refractivity contribution in [2.45, 2.75) is 57.3 Å². The summed E-state index contributed by atoms with van der Waals surface area (Å²) in [5.74, 6) is 2.32. The molecule has 1 fully saturated rings. The van der Waals surface area contributed by atoms with Crippen molar-refractivity contribution in [3.8, 4) is 11.4 Å². The van der Waals surface area contributed by atoms with E-state index >= 15 is 0 Å². The molecule has 5 rings (SSSR count). The van der Waals surface area contributed by atoms with Gasteiger partial charge in [-0.05, 0) is 55.7 Å². The number of aromatic amines is 1. The molecule has 0 radical (unpaired) electrons. The van der Waals surface area contributed by atoms with Gasteiger partial charge in [0.1, 0.15) is 0 Å². The maximum absolute atomic E-state index is 12.6. The highest BCUT2D eigenvalue weighted by molar-refractivity contribution is 5.97. The summed E-state index contributed by atoms with van der Waals surface area (Å²) in [4.78, 5) is 17.2. The van der Waals surface area contributed by atoms with Gasteiger partial charge in [-0.2, -0.15) is 10.1 Å². The van der Waals surface area contributed by atoms with Gasteiger partial charge in [0, 0.05) is 23.6 Å². The van der Waals surface area contributed by atoms with Gasteiger partial charge in [-0.3, -0.25) is 9.89 Å². The molecule has 1 aromatic carbocycles. The van der Waals surface area contributed by atoms with Crippen LogP contribution < -0.4 is 0 Å². The number of ketones is 1. The highest BCUT2D eigenvalue weighted by atomic mass is 16.5. The summed E-state index contributed by atoms with van der Waals surface area (Å²) in [6.45, 7) is 1.89. The number of H-pyrrole nitrogens is 1. The number of nitrogens with one attached hydrogen (secondary N) is 1. The Labute approximate surface area is 157 Å². The van der Waals surface area contributed by atoms with Crippen molar-refractivity contribution in [1.82, 2.24) is 20.3 Å². The molecule has 1 atom stereocenters. The van der Waals surface area contributed by atoms with E-state index in [0.29, 0.717) is 23.7 Å². The zero-order valence-corrected chi connectivity index (χ0v) is 15.4. The number of rotatable bonds is 5. The van der Waals surface area contributed by atoms with Crippen LogP contribution in [0.4, 0.5) is 0 Å². The van der Waals surface area contributed by atoms with Crippen LogP contribution in [0.25, 0.3) is 11.4 Å². The molecular weight excluding hydrogens is 340 g/mol. The van der Waals surface area contributed by atoms with E-state index in [1.807, 2.05) is 6.92 Å². The minimum Gasteiger partial charge on any atom is -0.339 e. The number of fused-ring (bicyclic) bond motifs is 1. The smallest absolute Gasteiger partial charge is 0.230 e. The first-order valence-corrected chi connectivity index (χ1v) is 9.69. The van der Waals surface area contributed by atoms with E-state index in [1.54, 1.807) is 6.20 Å². The van der Waals surface area contributed by atoms with E-state index in [2.05, 4.69) is 38.5 Å². The molecule has 138 valence electrons. The summed E-state index contributed by atoms with van der Waals surface area (Å²) < 4.78 is 5.45. The minimum atomic E-state index is 0.159. The van der Waals surface area contributed by atoms with Gasteiger partial charge in [0.05, 0.1) is 11.8 Å². The second kappa shape index (κ2) is 6.44. The molecule has 6 nitrogen and oxygen atoms in total. The average molecular weight is 362 g/mol. The summed E-state index contributed by atoms with van der Waals surface area (Å²) in [6.07, 6.45) is 7.70. The predicted octanol–water partition coefficient (Wildman–Crippen LogP) is 4.34. The number of Topliss-reactive ketones (excluding diaryl/α,β-unsaturated/α-hetero) is 1. The van der Waals surface area contributed by atoms with Crippen molar-refractivity contribution in [2.75, 3.05) is 0 Å². The molecule has 0 bridgehead atoms. The Hall–Kier alpha value is -2.76. The van der Waals surface area contributed by atoms with Crippen molar-refractivity contribution in [3.05, 3.63) is 52.7 Å². The highest BCUT2D eigenvalue weighted by Gasteiger charge is 2.28. The average Bonchev–Trinajstić information content (AvgIpc) is 3.33.